The molecule has 1 amide bonds. The molecule has 0 radical (unpaired) electrons. The third kappa shape index (κ3) is 5.64. The highest BCUT2D eigenvalue weighted by atomic mass is 16.5. The number of aryl methyl sites for hydroxylation is 1. The molecule has 5 nitrogen and oxygen atoms in total. The van der Waals surface area contributed by atoms with Crippen LogP contribution in [0.25, 0.3) is 0 Å². The zero-order valence-corrected chi connectivity index (χ0v) is 14.5. The highest BCUT2D eigenvalue weighted by Gasteiger charge is 2.11. The molecule has 25 heavy (non-hydrogen) atoms. The van der Waals surface area contributed by atoms with Crippen molar-refractivity contribution in [1.29, 1.82) is 0 Å². The second-order valence-corrected chi connectivity index (χ2v) is 5.80. The lowest BCUT2D eigenvalue weighted by molar-refractivity contribution is -0.121. The predicted octanol–water partition coefficient (Wildman–Crippen LogP) is 3.59. The van der Waals surface area contributed by atoms with Crippen LogP contribution in [0.5, 0.6) is 5.75 Å². The van der Waals surface area contributed by atoms with Crippen LogP contribution in [0, 0.1) is 0 Å². The summed E-state index contributed by atoms with van der Waals surface area (Å²) in [5.74, 6) is -0.205. The lowest BCUT2D eigenvalue weighted by atomic mass is 10.1. The van der Waals surface area contributed by atoms with Crippen molar-refractivity contribution in [2.75, 3.05) is 6.61 Å². The number of aromatic carboxylic acids is 1. The van der Waals surface area contributed by atoms with E-state index in [4.69, 9.17) is 9.84 Å². The number of carbonyl (C=O) groups excluding carboxylic acids is 1. The number of amides is 1. The number of carboxylic acids is 1. The molecule has 0 saturated heterocycles. The van der Waals surface area contributed by atoms with Crippen LogP contribution in [0.3, 0.4) is 0 Å². The smallest absolute Gasteiger partial charge is 0.335 e. The molecule has 0 aliphatic carbocycles. The van der Waals surface area contributed by atoms with Crippen molar-refractivity contribution >= 4 is 11.9 Å². The Morgan fingerprint density at radius 2 is 1.88 bits per heavy atom. The highest BCUT2D eigenvalue weighted by molar-refractivity contribution is 5.87. The minimum atomic E-state index is -0.951. The van der Waals surface area contributed by atoms with Gasteiger partial charge in [0, 0.05) is 6.42 Å². The van der Waals surface area contributed by atoms with Gasteiger partial charge in [-0.25, -0.2) is 4.79 Å². The standard InChI is InChI=1S/C20H23NO4/c1-3-25-18-6-4-5-17(13-18)14(2)21-19(22)12-9-15-7-10-16(11-8-15)20(23)24/h4-8,10-11,13-14H,3,9,12H2,1-2H3,(H,21,22)(H,23,24). The first-order valence-electron chi connectivity index (χ1n) is 8.34. The molecule has 2 aromatic rings. The van der Waals surface area contributed by atoms with Gasteiger partial charge in [-0.3, -0.25) is 4.79 Å². The lowest BCUT2D eigenvalue weighted by Gasteiger charge is -2.15. The van der Waals surface area contributed by atoms with Gasteiger partial charge < -0.3 is 15.2 Å². The summed E-state index contributed by atoms with van der Waals surface area (Å²) < 4.78 is 5.48. The number of hydrogen-bond donors (Lipinski definition) is 2. The number of nitrogens with one attached hydrogen (secondary N) is 1. The van der Waals surface area contributed by atoms with E-state index in [1.165, 1.54) is 0 Å². The van der Waals surface area contributed by atoms with Gasteiger partial charge in [0.05, 0.1) is 18.2 Å². The predicted molar refractivity (Wildman–Crippen MR) is 95.9 cm³/mol. The Balaban J connectivity index is 1.87. The number of hydrogen-bond acceptors (Lipinski definition) is 3. The number of benzene rings is 2. The fraction of sp³-hybridized carbons (Fsp3) is 0.300. The minimum absolute atomic E-state index is 0.0448. The first kappa shape index (κ1) is 18.5. The van der Waals surface area contributed by atoms with Gasteiger partial charge in [0.15, 0.2) is 0 Å². The van der Waals surface area contributed by atoms with E-state index in [0.717, 1.165) is 16.9 Å². The normalized spacial score (nSPS) is 11.6. The molecule has 2 aromatic carbocycles. The zero-order chi connectivity index (χ0) is 18.2. The van der Waals surface area contributed by atoms with Gasteiger partial charge in [-0.1, -0.05) is 24.3 Å². The minimum Gasteiger partial charge on any atom is -0.494 e. The highest BCUT2D eigenvalue weighted by Crippen LogP contribution is 2.19. The zero-order valence-electron chi connectivity index (χ0n) is 14.5. The summed E-state index contributed by atoms with van der Waals surface area (Å²) in [6.45, 7) is 4.47. The van der Waals surface area contributed by atoms with Crippen molar-refractivity contribution < 1.29 is 19.4 Å². The van der Waals surface area contributed by atoms with E-state index in [1.807, 2.05) is 38.1 Å². The number of carbonyl (C=O) groups is 2. The van der Waals surface area contributed by atoms with Crippen molar-refractivity contribution in [2.45, 2.75) is 32.7 Å². The van der Waals surface area contributed by atoms with E-state index in [9.17, 15) is 9.59 Å². The Morgan fingerprint density at radius 1 is 1.16 bits per heavy atom. The summed E-state index contributed by atoms with van der Waals surface area (Å²) in [5.41, 5.74) is 2.17. The van der Waals surface area contributed by atoms with Crippen molar-refractivity contribution in [2.24, 2.45) is 0 Å². The van der Waals surface area contributed by atoms with Gasteiger partial charge in [0.25, 0.3) is 0 Å². The molecule has 0 spiro atoms. The summed E-state index contributed by atoms with van der Waals surface area (Å²) in [7, 11) is 0. The van der Waals surface area contributed by atoms with Crippen LogP contribution in [0.2, 0.25) is 0 Å². The Kier molecular flexibility index (Phi) is 6.57. The molecule has 0 bridgehead atoms. The van der Waals surface area contributed by atoms with Gasteiger partial charge in [0.2, 0.25) is 5.91 Å². The summed E-state index contributed by atoms with van der Waals surface area (Å²) in [6, 6.07) is 14.2. The topological polar surface area (TPSA) is 75.6 Å². The van der Waals surface area contributed by atoms with Crippen LogP contribution in [-0.4, -0.2) is 23.6 Å². The van der Waals surface area contributed by atoms with Crippen molar-refractivity contribution in [3.05, 3.63) is 65.2 Å². The fourth-order valence-electron chi connectivity index (χ4n) is 2.51. The summed E-state index contributed by atoms with van der Waals surface area (Å²) in [6.07, 6.45) is 0.916. The molecule has 2 rings (SSSR count). The van der Waals surface area contributed by atoms with Crippen LogP contribution < -0.4 is 10.1 Å². The monoisotopic (exact) mass is 341 g/mol. The van der Waals surface area contributed by atoms with E-state index in [1.54, 1.807) is 24.3 Å². The molecular formula is C20H23NO4. The summed E-state index contributed by atoms with van der Waals surface area (Å²) in [4.78, 5) is 23.0. The Bertz CT molecular complexity index is 725. The quantitative estimate of drug-likeness (QED) is 0.769. The van der Waals surface area contributed by atoms with E-state index >= 15 is 0 Å². The maximum atomic E-state index is 12.1. The van der Waals surface area contributed by atoms with Crippen LogP contribution >= 0.6 is 0 Å². The Labute approximate surface area is 147 Å². The van der Waals surface area contributed by atoms with Gasteiger partial charge in [0.1, 0.15) is 5.75 Å². The molecule has 0 saturated carbocycles. The SMILES string of the molecule is CCOc1cccc(C(C)NC(=O)CCc2ccc(C(=O)O)cc2)c1. The van der Waals surface area contributed by atoms with Gasteiger partial charge in [-0.05, 0) is 55.7 Å². The number of ether oxygens (including phenoxy) is 1. The first-order valence-corrected chi connectivity index (χ1v) is 8.34. The molecule has 1 unspecified atom stereocenters. The third-order valence-corrected chi connectivity index (χ3v) is 3.89. The van der Waals surface area contributed by atoms with Crippen LogP contribution in [-0.2, 0) is 11.2 Å². The maximum absolute atomic E-state index is 12.1. The van der Waals surface area contributed by atoms with Crippen LogP contribution in [0.4, 0.5) is 0 Å². The molecule has 5 heteroatoms. The van der Waals surface area contributed by atoms with E-state index < -0.39 is 5.97 Å². The average Bonchev–Trinajstić information content (AvgIpc) is 2.61. The van der Waals surface area contributed by atoms with Gasteiger partial charge in [-0.2, -0.15) is 0 Å². The Morgan fingerprint density at radius 3 is 2.52 bits per heavy atom. The summed E-state index contributed by atoms with van der Waals surface area (Å²) in [5, 5.41) is 11.9. The van der Waals surface area contributed by atoms with E-state index in [2.05, 4.69) is 5.32 Å². The van der Waals surface area contributed by atoms with E-state index in [-0.39, 0.29) is 17.5 Å². The number of rotatable bonds is 8. The molecule has 0 heterocycles. The molecule has 2 N–H and O–H groups in total. The first-order chi connectivity index (χ1) is 12.0. The number of carboxylic acid groups (broad SMARTS) is 1. The molecule has 0 aliphatic heterocycles. The second-order valence-electron chi connectivity index (χ2n) is 5.80. The van der Waals surface area contributed by atoms with Crippen molar-refractivity contribution in [3.63, 3.8) is 0 Å². The van der Waals surface area contributed by atoms with Crippen molar-refractivity contribution in [1.82, 2.24) is 5.32 Å². The van der Waals surface area contributed by atoms with Gasteiger partial charge in [-0.15, -0.1) is 0 Å². The molecule has 132 valence electrons. The van der Waals surface area contributed by atoms with Crippen LogP contribution in [0.1, 0.15) is 47.8 Å². The van der Waals surface area contributed by atoms with Crippen molar-refractivity contribution in [3.8, 4) is 5.75 Å². The lowest BCUT2D eigenvalue weighted by Crippen LogP contribution is -2.26. The third-order valence-electron chi connectivity index (χ3n) is 3.89. The Hall–Kier alpha value is -2.82. The summed E-state index contributed by atoms with van der Waals surface area (Å²) >= 11 is 0. The second kappa shape index (κ2) is 8.87. The molecule has 0 aliphatic rings. The molecule has 0 aromatic heterocycles. The largest absolute Gasteiger partial charge is 0.494 e. The van der Waals surface area contributed by atoms with E-state index in [0.29, 0.717) is 19.4 Å². The maximum Gasteiger partial charge on any atom is 0.335 e. The van der Waals surface area contributed by atoms with Crippen LogP contribution in [0.15, 0.2) is 48.5 Å². The molecular weight excluding hydrogens is 318 g/mol. The fourth-order valence-corrected chi connectivity index (χ4v) is 2.51. The molecule has 0 fully saturated rings. The molecule has 1 atom stereocenters. The average molecular weight is 341 g/mol. The van der Waals surface area contributed by atoms with Gasteiger partial charge >= 0.3 is 5.97 Å².